The van der Waals surface area contributed by atoms with Crippen LogP contribution < -0.4 is 0 Å². The summed E-state index contributed by atoms with van der Waals surface area (Å²) in [4.78, 5) is 0. The molecule has 0 spiro atoms. The summed E-state index contributed by atoms with van der Waals surface area (Å²) in [5.74, 6) is 0. The molecule has 13 heavy (non-hydrogen) atoms. The highest BCUT2D eigenvalue weighted by Crippen LogP contribution is 2.27. The van der Waals surface area contributed by atoms with E-state index in [0.29, 0.717) is 0 Å². The van der Waals surface area contributed by atoms with Crippen LogP contribution in [0, 0.1) is 6.92 Å². The predicted octanol–water partition coefficient (Wildman–Crippen LogP) is 3.17. The number of nitrogens with zero attached hydrogens (tertiary/aromatic N) is 2. The summed E-state index contributed by atoms with van der Waals surface area (Å²) >= 11 is 7.39. The van der Waals surface area contributed by atoms with Crippen LogP contribution in [0.2, 0.25) is 5.02 Å². The number of aromatic nitrogens is 2. The van der Waals surface area contributed by atoms with Gasteiger partial charge in [-0.2, -0.15) is 0 Å². The molecule has 0 aliphatic rings. The van der Waals surface area contributed by atoms with Gasteiger partial charge < -0.3 is 0 Å². The van der Waals surface area contributed by atoms with Crippen molar-refractivity contribution in [2.45, 2.75) is 6.92 Å². The summed E-state index contributed by atoms with van der Waals surface area (Å²) in [6.07, 6.45) is 0. The van der Waals surface area contributed by atoms with E-state index in [1.54, 1.807) is 0 Å². The predicted molar refractivity (Wildman–Crippen MR) is 55.1 cm³/mol. The maximum Gasteiger partial charge on any atom is 0.107 e. The minimum Gasteiger partial charge on any atom is -0.138 e. The summed E-state index contributed by atoms with van der Waals surface area (Å²) < 4.78 is 3.80. The average Bonchev–Trinajstić information content (AvgIpc) is 2.56. The van der Waals surface area contributed by atoms with Crippen molar-refractivity contribution in [3.8, 4) is 11.3 Å². The first-order chi connectivity index (χ1) is 6.27. The molecule has 0 bridgehead atoms. The van der Waals surface area contributed by atoms with E-state index in [1.165, 1.54) is 11.5 Å². The minimum absolute atomic E-state index is 0.729. The first-order valence-corrected chi connectivity index (χ1v) is 5.02. The number of hydrogen-bond donors (Lipinski definition) is 0. The van der Waals surface area contributed by atoms with Crippen LogP contribution in [0.1, 0.15) is 5.56 Å². The Morgan fingerprint density at radius 2 is 2.23 bits per heavy atom. The van der Waals surface area contributed by atoms with Gasteiger partial charge in [0.15, 0.2) is 0 Å². The molecule has 2 rings (SSSR count). The average molecular weight is 211 g/mol. The van der Waals surface area contributed by atoms with Gasteiger partial charge in [-0.1, -0.05) is 28.2 Å². The van der Waals surface area contributed by atoms with Gasteiger partial charge in [-0.3, -0.25) is 0 Å². The van der Waals surface area contributed by atoms with Gasteiger partial charge in [-0.05, 0) is 30.1 Å². The van der Waals surface area contributed by atoms with Gasteiger partial charge in [0.25, 0.3) is 0 Å². The number of benzene rings is 1. The highest BCUT2D eigenvalue weighted by molar-refractivity contribution is 7.03. The molecule has 0 unspecified atom stereocenters. The molecule has 2 aromatic rings. The van der Waals surface area contributed by atoms with Crippen molar-refractivity contribution in [2.75, 3.05) is 0 Å². The smallest absolute Gasteiger partial charge is 0.107 e. The Labute approximate surface area is 85.3 Å². The van der Waals surface area contributed by atoms with Crippen molar-refractivity contribution in [1.29, 1.82) is 0 Å². The van der Waals surface area contributed by atoms with Crippen molar-refractivity contribution in [3.05, 3.63) is 34.2 Å². The lowest BCUT2D eigenvalue weighted by Gasteiger charge is -2.00. The van der Waals surface area contributed by atoms with Gasteiger partial charge in [-0.25, -0.2) is 0 Å². The SMILES string of the molecule is Cc1ccc(-c2csnn2)c(Cl)c1. The summed E-state index contributed by atoms with van der Waals surface area (Å²) in [6.45, 7) is 2.01. The molecule has 1 aromatic carbocycles. The van der Waals surface area contributed by atoms with Crippen LogP contribution >= 0.6 is 23.1 Å². The first kappa shape index (κ1) is 8.66. The van der Waals surface area contributed by atoms with Crippen LogP contribution in [0.25, 0.3) is 11.3 Å². The Bertz CT molecular complexity index is 412. The normalized spacial score (nSPS) is 10.3. The fourth-order valence-electron chi connectivity index (χ4n) is 1.11. The Kier molecular flexibility index (Phi) is 2.29. The molecule has 0 N–H and O–H groups in total. The molecule has 0 fully saturated rings. The van der Waals surface area contributed by atoms with E-state index in [9.17, 15) is 0 Å². The Hall–Kier alpha value is -0.930. The van der Waals surface area contributed by atoms with Gasteiger partial charge in [0.2, 0.25) is 0 Å². The molecule has 2 nitrogen and oxygen atoms in total. The molecule has 0 aliphatic carbocycles. The maximum atomic E-state index is 6.06. The second kappa shape index (κ2) is 3.44. The fraction of sp³-hybridized carbons (Fsp3) is 0.111. The molecule has 4 heteroatoms. The molecule has 66 valence electrons. The van der Waals surface area contributed by atoms with Crippen molar-refractivity contribution in [3.63, 3.8) is 0 Å². The zero-order chi connectivity index (χ0) is 9.26. The molecule has 0 saturated carbocycles. The van der Waals surface area contributed by atoms with Crippen LogP contribution in [-0.4, -0.2) is 9.59 Å². The molecular formula is C9H7ClN2S. The minimum atomic E-state index is 0.729. The molecule has 0 radical (unpaired) electrons. The summed E-state index contributed by atoms with van der Waals surface area (Å²) in [7, 11) is 0. The second-order valence-corrected chi connectivity index (χ2v) is 3.79. The Morgan fingerprint density at radius 1 is 1.38 bits per heavy atom. The van der Waals surface area contributed by atoms with Crippen LogP contribution in [-0.2, 0) is 0 Å². The monoisotopic (exact) mass is 210 g/mol. The van der Waals surface area contributed by atoms with Crippen molar-refractivity contribution >= 4 is 23.1 Å². The lowest BCUT2D eigenvalue weighted by molar-refractivity contribution is 1.16. The molecule has 1 aromatic heterocycles. The van der Waals surface area contributed by atoms with Gasteiger partial charge >= 0.3 is 0 Å². The van der Waals surface area contributed by atoms with Crippen LogP contribution in [0.4, 0.5) is 0 Å². The van der Waals surface area contributed by atoms with E-state index in [1.807, 2.05) is 30.5 Å². The van der Waals surface area contributed by atoms with E-state index in [-0.39, 0.29) is 0 Å². The van der Waals surface area contributed by atoms with Crippen molar-refractivity contribution in [1.82, 2.24) is 9.59 Å². The zero-order valence-corrected chi connectivity index (χ0v) is 8.56. The van der Waals surface area contributed by atoms with E-state index < -0.39 is 0 Å². The van der Waals surface area contributed by atoms with E-state index in [0.717, 1.165) is 21.8 Å². The standard InChI is InChI=1S/C9H7ClN2S/c1-6-2-3-7(8(10)4-6)9-5-13-12-11-9/h2-5H,1H3. The van der Waals surface area contributed by atoms with Crippen LogP contribution in [0.15, 0.2) is 23.6 Å². The quantitative estimate of drug-likeness (QED) is 0.723. The third-order valence-corrected chi connectivity index (χ3v) is 2.58. The number of rotatable bonds is 1. The summed E-state index contributed by atoms with van der Waals surface area (Å²) in [6, 6.07) is 5.91. The van der Waals surface area contributed by atoms with E-state index in [4.69, 9.17) is 11.6 Å². The number of aryl methyl sites for hydroxylation is 1. The molecule has 0 aliphatic heterocycles. The topological polar surface area (TPSA) is 25.8 Å². The highest BCUT2D eigenvalue weighted by Gasteiger charge is 2.05. The lowest BCUT2D eigenvalue weighted by atomic mass is 10.1. The number of halogens is 1. The van der Waals surface area contributed by atoms with Gasteiger partial charge in [0.1, 0.15) is 5.69 Å². The second-order valence-electron chi connectivity index (χ2n) is 2.77. The molecular weight excluding hydrogens is 204 g/mol. The van der Waals surface area contributed by atoms with Gasteiger partial charge in [0.05, 0.1) is 5.02 Å². The van der Waals surface area contributed by atoms with Crippen LogP contribution in [0.5, 0.6) is 0 Å². The zero-order valence-electron chi connectivity index (χ0n) is 6.99. The Morgan fingerprint density at radius 3 is 2.85 bits per heavy atom. The highest BCUT2D eigenvalue weighted by atomic mass is 35.5. The number of hydrogen-bond acceptors (Lipinski definition) is 3. The Balaban J connectivity index is 2.53. The van der Waals surface area contributed by atoms with Gasteiger partial charge in [-0.15, -0.1) is 5.10 Å². The van der Waals surface area contributed by atoms with Crippen molar-refractivity contribution in [2.24, 2.45) is 0 Å². The summed E-state index contributed by atoms with van der Waals surface area (Å²) in [5, 5.41) is 6.58. The largest absolute Gasteiger partial charge is 0.138 e. The fourth-order valence-corrected chi connectivity index (χ4v) is 1.90. The van der Waals surface area contributed by atoms with Crippen molar-refractivity contribution < 1.29 is 0 Å². The third-order valence-electron chi connectivity index (χ3n) is 1.76. The van der Waals surface area contributed by atoms with Gasteiger partial charge in [0, 0.05) is 10.9 Å². The molecule has 0 atom stereocenters. The van der Waals surface area contributed by atoms with E-state index >= 15 is 0 Å². The molecule has 0 saturated heterocycles. The van der Waals surface area contributed by atoms with E-state index in [2.05, 4.69) is 9.59 Å². The third kappa shape index (κ3) is 1.71. The maximum absolute atomic E-state index is 6.06. The lowest BCUT2D eigenvalue weighted by Crippen LogP contribution is -1.81. The first-order valence-electron chi connectivity index (χ1n) is 3.81. The molecule has 0 amide bonds. The summed E-state index contributed by atoms with van der Waals surface area (Å²) in [5.41, 5.74) is 2.94. The molecule has 1 heterocycles. The van der Waals surface area contributed by atoms with Crippen LogP contribution in [0.3, 0.4) is 0 Å².